The molecule has 0 aromatic heterocycles. The topological polar surface area (TPSA) is 61.4 Å². The smallest absolute Gasteiger partial charge is 0.191 e. The predicted octanol–water partition coefficient (Wildman–Crippen LogP) is 1.65. The molecule has 28 heavy (non-hydrogen) atoms. The van der Waals surface area contributed by atoms with Crippen molar-refractivity contribution in [2.75, 3.05) is 79.1 Å². The van der Waals surface area contributed by atoms with Gasteiger partial charge in [0.25, 0.3) is 0 Å². The highest BCUT2D eigenvalue weighted by molar-refractivity contribution is 5.79. The van der Waals surface area contributed by atoms with Crippen LogP contribution >= 0.6 is 0 Å². The molecule has 0 bridgehead atoms. The SMILES string of the molecule is CN=C(NCCN(C)CCCOC)NCC1CCN(c2ccccc2OC)C1. The molecule has 1 fully saturated rings. The van der Waals surface area contributed by atoms with E-state index in [1.165, 1.54) is 12.1 Å². The van der Waals surface area contributed by atoms with Gasteiger partial charge < -0.3 is 29.9 Å². The zero-order valence-corrected chi connectivity index (χ0v) is 17.9. The number of guanidine groups is 1. The summed E-state index contributed by atoms with van der Waals surface area (Å²) in [5, 5.41) is 6.89. The summed E-state index contributed by atoms with van der Waals surface area (Å²) in [4.78, 5) is 9.07. The third kappa shape index (κ3) is 7.20. The summed E-state index contributed by atoms with van der Waals surface area (Å²) >= 11 is 0. The van der Waals surface area contributed by atoms with Gasteiger partial charge in [-0.25, -0.2) is 0 Å². The van der Waals surface area contributed by atoms with E-state index in [4.69, 9.17) is 9.47 Å². The van der Waals surface area contributed by atoms with Crippen LogP contribution in [0.2, 0.25) is 0 Å². The Kier molecular flexibility index (Phi) is 9.93. The van der Waals surface area contributed by atoms with Crippen molar-refractivity contribution in [3.8, 4) is 5.75 Å². The van der Waals surface area contributed by atoms with Gasteiger partial charge in [-0.3, -0.25) is 4.99 Å². The summed E-state index contributed by atoms with van der Waals surface area (Å²) < 4.78 is 10.6. The number of hydrogen-bond donors (Lipinski definition) is 2. The Labute approximate surface area is 170 Å². The molecule has 1 aliphatic heterocycles. The van der Waals surface area contributed by atoms with E-state index in [0.717, 1.165) is 64.0 Å². The Hall–Kier alpha value is -1.99. The molecule has 2 N–H and O–H groups in total. The van der Waals surface area contributed by atoms with Gasteiger partial charge in [0.1, 0.15) is 5.75 Å². The van der Waals surface area contributed by atoms with Gasteiger partial charge >= 0.3 is 0 Å². The second-order valence-corrected chi connectivity index (χ2v) is 7.30. The largest absolute Gasteiger partial charge is 0.495 e. The lowest BCUT2D eigenvalue weighted by Gasteiger charge is -2.22. The lowest BCUT2D eigenvalue weighted by molar-refractivity contribution is 0.180. The molecular formula is C21H37N5O2. The number of benzene rings is 1. The maximum atomic E-state index is 5.51. The van der Waals surface area contributed by atoms with Crippen LogP contribution in [0.3, 0.4) is 0 Å². The number of nitrogens with one attached hydrogen (secondary N) is 2. The Morgan fingerprint density at radius 1 is 1.25 bits per heavy atom. The maximum absolute atomic E-state index is 5.51. The molecule has 7 nitrogen and oxygen atoms in total. The van der Waals surface area contributed by atoms with Gasteiger partial charge in [-0.1, -0.05) is 12.1 Å². The van der Waals surface area contributed by atoms with Crippen LogP contribution in [0.4, 0.5) is 5.69 Å². The van der Waals surface area contributed by atoms with Crippen molar-refractivity contribution in [3.05, 3.63) is 24.3 Å². The molecule has 2 rings (SSSR count). The molecule has 1 atom stereocenters. The number of aliphatic imine (C=N–C) groups is 1. The standard InChI is InChI=1S/C21H37N5O2/c1-22-21(23-11-14-25(2)12-7-15-27-3)24-16-18-10-13-26(17-18)19-8-5-6-9-20(19)28-4/h5-6,8-9,18H,7,10-17H2,1-4H3,(H2,22,23,24). The summed E-state index contributed by atoms with van der Waals surface area (Å²) in [6.07, 6.45) is 2.23. The van der Waals surface area contributed by atoms with Crippen LogP contribution in [0.25, 0.3) is 0 Å². The minimum Gasteiger partial charge on any atom is -0.495 e. The Morgan fingerprint density at radius 3 is 2.82 bits per heavy atom. The molecule has 7 heteroatoms. The number of hydrogen-bond acceptors (Lipinski definition) is 5. The highest BCUT2D eigenvalue weighted by Gasteiger charge is 2.24. The van der Waals surface area contributed by atoms with Crippen LogP contribution in [0, 0.1) is 5.92 Å². The van der Waals surface area contributed by atoms with E-state index in [-0.39, 0.29) is 0 Å². The zero-order valence-electron chi connectivity index (χ0n) is 17.9. The van der Waals surface area contributed by atoms with Crippen LogP contribution in [0.1, 0.15) is 12.8 Å². The molecular weight excluding hydrogens is 354 g/mol. The van der Waals surface area contributed by atoms with Crippen LogP contribution in [-0.4, -0.2) is 85.0 Å². The van der Waals surface area contributed by atoms with E-state index in [1.807, 2.05) is 19.2 Å². The Morgan fingerprint density at radius 2 is 2.07 bits per heavy atom. The summed E-state index contributed by atoms with van der Waals surface area (Å²) in [6.45, 7) is 6.74. The van der Waals surface area contributed by atoms with Crippen molar-refractivity contribution in [1.29, 1.82) is 0 Å². The van der Waals surface area contributed by atoms with Crippen LogP contribution in [0.15, 0.2) is 29.3 Å². The Balaban J connectivity index is 1.68. The summed E-state index contributed by atoms with van der Waals surface area (Å²) in [6, 6.07) is 8.25. The number of ether oxygens (including phenoxy) is 2. The van der Waals surface area contributed by atoms with E-state index in [0.29, 0.717) is 5.92 Å². The number of likely N-dealkylation sites (N-methyl/N-ethyl adjacent to an activating group) is 1. The minimum atomic E-state index is 0.597. The Bertz CT molecular complexity index is 596. The van der Waals surface area contributed by atoms with Gasteiger partial charge in [0.15, 0.2) is 5.96 Å². The summed E-state index contributed by atoms with van der Waals surface area (Å²) in [7, 11) is 7.45. The first-order valence-corrected chi connectivity index (χ1v) is 10.2. The fourth-order valence-corrected chi connectivity index (χ4v) is 3.53. The van der Waals surface area contributed by atoms with Crippen LogP contribution in [-0.2, 0) is 4.74 Å². The monoisotopic (exact) mass is 391 g/mol. The van der Waals surface area contributed by atoms with Crippen molar-refractivity contribution >= 4 is 11.6 Å². The third-order valence-corrected chi connectivity index (χ3v) is 5.17. The quantitative estimate of drug-likeness (QED) is 0.340. The zero-order chi connectivity index (χ0) is 20.2. The highest BCUT2D eigenvalue weighted by Crippen LogP contribution is 2.31. The van der Waals surface area contributed by atoms with Crippen molar-refractivity contribution in [1.82, 2.24) is 15.5 Å². The first-order chi connectivity index (χ1) is 13.7. The summed E-state index contributed by atoms with van der Waals surface area (Å²) in [5.74, 6) is 2.42. The van der Waals surface area contributed by atoms with Gasteiger partial charge in [0.2, 0.25) is 0 Å². The number of methoxy groups -OCH3 is 2. The number of nitrogens with zero attached hydrogens (tertiary/aromatic N) is 3. The lowest BCUT2D eigenvalue weighted by atomic mass is 10.1. The van der Waals surface area contributed by atoms with E-state index in [2.05, 4.69) is 44.6 Å². The van der Waals surface area contributed by atoms with Gasteiger partial charge in [0.05, 0.1) is 12.8 Å². The molecule has 1 aromatic carbocycles. The molecule has 0 amide bonds. The van der Waals surface area contributed by atoms with Gasteiger partial charge in [0, 0.05) is 60.0 Å². The fraction of sp³-hybridized carbons (Fsp3) is 0.667. The van der Waals surface area contributed by atoms with E-state index < -0.39 is 0 Å². The van der Waals surface area contributed by atoms with E-state index in [1.54, 1.807) is 14.2 Å². The number of rotatable bonds is 11. The second-order valence-electron chi connectivity index (χ2n) is 7.30. The summed E-state index contributed by atoms with van der Waals surface area (Å²) in [5.41, 5.74) is 1.19. The molecule has 1 unspecified atom stereocenters. The van der Waals surface area contributed by atoms with E-state index in [9.17, 15) is 0 Å². The first kappa shape index (κ1) is 22.3. The van der Waals surface area contributed by atoms with Gasteiger partial charge in [-0.15, -0.1) is 0 Å². The van der Waals surface area contributed by atoms with Crippen molar-refractivity contribution in [3.63, 3.8) is 0 Å². The van der Waals surface area contributed by atoms with Crippen LogP contribution in [0.5, 0.6) is 5.75 Å². The van der Waals surface area contributed by atoms with E-state index >= 15 is 0 Å². The lowest BCUT2D eigenvalue weighted by Crippen LogP contribution is -2.43. The van der Waals surface area contributed by atoms with Crippen molar-refractivity contribution in [2.45, 2.75) is 12.8 Å². The second kappa shape index (κ2) is 12.5. The average Bonchev–Trinajstić information content (AvgIpc) is 3.19. The number of para-hydroxylation sites is 2. The normalized spacial score (nSPS) is 17.2. The first-order valence-electron chi connectivity index (χ1n) is 10.2. The van der Waals surface area contributed by atoms with Crippen LogP contribution < -0.4 is 20.3 Å². The van der Waals surface area contributed by atoms with Gasteiger partial charge in [-0.2, -0.15) is 0 Å². The molecule has 0 radical (unpaired) electrons. The maximum Gasteiger partial charge on any atom is 0.191 e. The molecule has 0 spiro atoms. The molecule has 0 saturated carbocycles. The number of anilines is 1. The molecule has 1 heterocycles. The third-order valence-electron chi connectivity index (χ3n) is 5.17. The molecule has 1 saturated heterocycles. The van der Waals surface area contributed by atoms with Crippen molar-refractivity contribution < 1.29 is 9.47 Å². The average molecular weight is 392 g/mol. The molecule has 0 aliphatic carbocycles. The van der Waals surface area contributed by atoms with Crippen molar-refractivity contribution in [2.24, 2.45) is 10.9 Å². The highest BCUT2D eigenvalue weighted by atomic mass is 16.5. The van der Waals surface area contributed by atoms with Gasteiger partial charge in [-0.05, 0) is 37.9 Å². The predicted molar refractivity (Wildman–Crippen MR) is 117 cm³/mol. The molecule has 1 aliphatic rings. The minimum absolute atomic E-state index is 0.597. The molecule has 1 aromatic rings. The molecule has 158 valence electrons. The fourth-order valence-electron chi connectivity index (χ4n) is 3.53.